The average Bonchev–Trinajstić information content (AvgIpc) is 2.23. The first-order valence-electron chi connectivity index (χ1n) is 5.31. The second kappa shape index (κ2) is 7.30. The molecular formula is C11H17F3O2. The molecule has 1 unspecified atom stereocenters. The van der Waals surface area contributed by atoms with Crippen LogP contribution in [0.15, 0.2) is 12.7 Å². The third-order valence-corrected chi connectivity index (χ3v) is 2.08. The molecular weight excluding hydrogens is 221 g/mol. The van der Waals surface area contributed by atoms with Crippen LogP contribution in [0, 0.1) is 0 Å². The summed E-state index contributed by atoms with van der Waals surface area (Å²) in [5.74, 6) is -1.32. The number of carbonyl (C=O) groups excluding carboxylic acids is 1. The van der Waals surface area contributed by atoms with E-state index in [4.69, 9.17) is 0 Å². The topological polar surface area (TPSA) is 26.3 Å². The number of carbonyl (C=O) groups is 1. The van der Waals surface area contributed by atoms with Crippen molar-refractivity contribution in [1.82, 2.24) is 0 Å². The van der Waals surface area contributed by atoms with Gasteiger partial charge < -0.3 is 4.74 Å². The fraction of sp³-hybridized carbons (Fsp3) is 0.727. The van der Waals surface area contributed by atoms with Crippen LogP contribution in [0.25, 0.3) is 0 Å². The summed E-state index contributed by atoms with van der Waals surface area (Å²) in [6.07, 6.45) is -3.36. The summed E-state index contributed by atoms with van der Waals surface area (Å²) >= 11 is 0. The third-order valence-electron chi connectivity index (χ3n) is 2.08. The van der Waals surface area contributed by atoms with E-state index >= 15 is 0 Å². The Hall–Kier alpha value is -1.00. The molecule has 0 amide bonds. The quantitative estimate of drug-likeness (QED) is 0.367. The number of unbranched alkanes of at least 4 members (excludes halogenated alkanes) is 3. The second-order valence-electron chi connectivity index (χ2n) is 3.50. The van der Waals surface area contributed by atoms with Crippen LogP contribution in [-0.2, 0) is 9.53 Å². The Kier molecular flexibility index (Phi) is 6.85. The fourth-order valence-corrected chi connectivity index (χ4v) is 1.16. The van der Waals surface area contributed by atoms with Crippen LogP contribution in [-0.4, -0.2) is 18.2 Å². The van der Waals surface area contributed by atoms with Gasteiger partial charge >= 0.3 is 12.1 Å². The van der Waals surface area contributed by atoms with Gasteiger partial charge in [-0.2, -0.15) is 8.78 Å². The highest BCUT2D eigenvalue weighted by Crippen LogP contribution is 2.27. The Bertz CT molecular complexity index is 229. The van der Waals surface area contributed by atoms with Crippen molar-refractivity contribution in [2.75, 3.05) is 0 Å². The lowest BCUT2D eigenvalue weighted by molar-refractivity contribution is -0.258. The maximum Gasteiger partial charge on any atom is 0.432 e. The molecule has 0 heterocycles. The Morgan fingerprint density at radius 2 is 2.06 bits per heavy atom. The first kappa shape index (κ1) is 15.0. The van der Waals surface area contributed by atoms with Crippen LogP contribution < -0.4 is 0 Å². The van der Waals surface area contributed by atoms with Crippen molar-refractivity contribution in [1.29, 1.82) is 0 Å². The first-order valence-corrected chi connectivity index (χ1v) is 5.31. The van der Waals surface area contributed by atoms with Crippen LogP contribution in [0.3, 0.4) is 0 Å². The van der Waals surface area contributed by atoms with Gasteiger partial charge in [0, 0.05) is 6.08 Å². The van der Waals surface area contributed by atoms with Crippen molar-refractivity contribution >= 4 is 5.97 Å². The van der Waals surface area contributed by atoms with E-state index in [1.165, 1.54) is 0 Å². The molecule has 2 nitrogen and oxygen atoms in total. The standard InChI is InChI=1S/C11H17F3O2/c1-3-5-6-7-8-9(12)11(13,14)16-10(15)4-2/h4,9H,2-3,5-8H2,1H3. The maximum atomic E-state index is 13.0. The smallest absolute Gasteiger partial charge is 0.395 e. The molecule has 0 fully saturated rings. The van der Waals surface area contributed by atoms with Crippen LogP contribution in [0.2, 0.25) is 0 Å². The van der Waals surface area contributed by atoms with Gasteiger partial charge in [0.2, 0.25) is 6.17 Å². The molecule has 0 aromatic heterocycles. The molecule has 5 heteroatoms. The molecule has 0 aromatic carbocycles. The number of alkyl halides is 3. The summed E-state index contributed by atoms with van der Waals surface area (Å²) in [4.78, 5) is 10.5. The number of rotatable bonds is 8. The molecule has 94 valence electrons. The van der Waals surface area contributed by atoms with E-state index in [1.54, 1.807) is 0 Å². The summed E-state index contributed by atoms with van der Waals surface area (Å²) < 4.78 is 42.5. The number of ether oxygens (including phenoxy) is 1. The Balaban J connectivity index is 3.98. The highest BCUT2D eigenvalue weighted by molar-refractivity contribution is 5.81. The molecule has 0 spiro atoms. The van der Waals surface area contributed by atoms with Crippen molar-refractivity contribution in [2.24, 2.45) is 0 Å². The number of esters is 1. The summed E-state index contributed by atoms with van der Waals surface area (Å²) in [6.45, 7) is 4.93. The minimum Gasteiger partial charge on any atom is -0.395 e. The average molecular weight is 238 g/mol. The van der Waals surface area contributed by atoms with E-state index in [0.29, 0.717) is 18.9 Å². The molecule has 0 aromatic rings. The van der Waals surface area contributed by atoms with E-state index < -0.39 is 18.2 Å². The van der Waals surface area contributed by atoms with Crippen LogP contribution in [0.5, 0.6) is 0 Å². The molecule has 0 aliphatic heterocycles. The molecule has 0 N–H and O–H groups in total. The predicted octanol–water partition coefficient (Wildman–Crippen LogP) is 3.62. The summed E-state index contributed by atoms with van der Waals surface area (Å²) in [5, 5.41) is 0. The normalized spacial score (nSPS) is 13.2. The molecule has 0 aliphatic rings. The van der Waals surface area contributed by atoms with Gasteiger partial charge in [-0.25, -0.2) is 9.18 Å². The first-order chi connectivity index (χ1) is 7.44. The SMILES string of the molecule is C=CC(=O)OC(F)(F)C(F)CCCCCC. The maximum absolute atomic E-state index is 13.0. The number of halogens is 3. The monoisotopic (exact) mass is 238 g/mol. The minimum atomic E-state index is -4.06. The largest absolute Gasteiger partial charge is 0.432 e. The Labute approximate surface area is 93.5 Å². The van der Waals surface area contributed by atoms with Crippen molar-refractivity contribution in [3.63, 3.8) is 0 Å². The highest BCUT2D eigenvalue weighted by atomic mass is 19.3. The van der Waals surface area contributed by atoms with E-state index in [9.17, 15) is 18.0 Å². The molecule has 16 heavy (non-hydrogen) atoms. The molecule has 0 bridgehead atoms. The number of hydrogen-bond acceptors (Lipinski definition) is 2. The van der Waals surface area contributed by atoms with Crippen molar-refractivity contribution in [2.45, 2.75) is 51.3 Å². The second-order valence-corrected chi connectivity index (χ2v) is 3.50. The van der Waals surface area contributed by atoms with Gasteiger partial charge in [0.1, 0.15) is 0 Å². The summed E-state index contributed by atoms with van der Waals surface area (Å²) in [6, 6.07) is 0. The molecule has 0 saturated carbocycles. The zero-order valence-electron chi connectivity index (χ0n) is 9.35. The van der Waals surface area contributed by atoms with Crippen LogP contribution >= 0.6 is 0 Å². The van der Waals surface area contributed by atoms with Gasteiger partial charge in [0.05, 0.1) is 0 Å². The summed E-state index contributed by atoms with van der Waals surface area (Å²) in [5.41, 5.74) is 0. The molecule has 0 rings (SSSR count). The van der Waals surface area contributed by atoms with Crippen molar-refractivity contribution in [3.8, 4) is 0 Å². The zero-order chi connectivity index (χ0) is 12.6. The zero-order valence-corrected chi connectivity index (χ0v) is 9.35. The van der Waals surface area contributed by atoms with Gasteiger partial charge in [-0.05, 0) is 6.42 Å². The fourth-order valence-electron chi connectivity index (χ4n) is 1.16. The number of hydrogen-bond donors (Lipinski definition) is 0. The summed E-state index contributed by atoms with van der Waals surface area (Å²) in [7, 11) is 0. The van der Waals surface area contributed by atoms with Crippen molar-refractivity contribution in [3.05, 3.63) is 12.7 Å². The van der Waals surface area contributed by atoms with Gasteiger partial charge in [-0.15, -0.1) is 0 Å². The molecule has 0 radical (unpaired) electrons. The van der Waals surface area contributed by atoms with Gasteiger partial charge in [-0.1, -0.05) is 39.2 Å². The van der Waals surface area contributed by atoms with E-state index in [2.05, 4.69) is 11.3 Å². The highest BCUT2D eigenvalue weighted by Gasteiger charge is 2.43. The molecule has 1 atom stereocenters. The van der Waals surface area contributed by atoms with E-state index in [-0.39, 0.29) is 6.42 Å². The van der Waals surface area contributed by atoms with Gasteiger partial charge in [-0.3, -0.25) is 0 Å². The van der Waals surface area contributed by atoms with Crippen molar-refractivity contribution < 1.29 is 22.7 Å². The van der Waals surface area contributed by atoms with Crippen LogP contribution in [0.4, 0.5) is 13.2 Å². The van der Waals surface area contributed by atoms with Gasteiger partial charge in [0.25, 0.3) is 0 Å². The Morgan fingerprint density at radius 1 is 1.44 bits per heavy atom. The lowest BCUT2D eigenvalue weighted by atomic mass is 10.1. The third kappa shape index (κ3) is 5.78. The van der Waals surface area contributed by atoms with Crippen LogP contribution in [0.1, 0.15) is 39.0 Å². The lowest BCUT2D eigenvalue weighted by Crippen LogP contribution is -2.35. The Morgan fingerprint density at radius 3 is 2.56 bits per heavy atom. The molecule has 0 saturated heterocycles. The van der Waals surface area contributed by atoms with Gasteiger partial charge in [0.15, 0.2) is 0 Å². The van der Waals surface area contributed by atoms with E-state index in [1.807, 2.05) is 6.92 Å². The predicted molar refractivity (Wildman–Crippen MR) is 54.9 cm³/mol. The minimum absolute atomic E-state index is 0.308. The molecule has 0 aliphatic carbocycles. The van der Waals surface area contributed by atoms with E-state index in [0.717, 1.165) is 12.8 Å². The lowest BCUT2D eigenvalue weighted by Gasteiger charge is -2.19.